The van der Waals surface area contributed by atoms with Crippen LogP contribution in [0.1, 0.15) is 11.4 Å². The molecule has 0 bridgehead atoms. The lowest BCUT2D eigenvalue weighted by Gasteiger charge is -2.08. The number of carbonyl (C=O) groups excluding carboxylic acids is 1. The van der Waals surface area contributed by atoms with E-state index < -0.39 is 0 Å². The van der Waals surface area contributed by atoms with Crippen molar-refractivity contribution in [2.45, 2.75) is 13.8 Å². The second kappa shape index (κ2) is 5.81. The normalized spacial score (nSPS) is 10.5. The first kappa shape index (κ1) is 14.0. The summed E-state index contributed by atoms with van der Waals surface area (Å²) in [5.74, 6) is 0.302. The van der Waals surface area contributed by atoms with Crippen LogP contribution in [0.5, 0.6) is 0 Å². The van der Waals surface area contributed by atoms with Crippen molar-refractivity contribution in [1.82, 2.24) is 9.97 Å². The molecular formula is C17H16N4O. The molecule has 1 aromatic heterocycles. The molecule has 0 unspecified atom stereocenters. The Balaban J connectivity index is 1.75. The van der Waals surface area contributed by atoms with Gasteiger partial charge in [0, 0.05) is 17.1 Å². The summed E-state index contributed by atoms with van der Waals surface area (Å²) >= 11 is 0. The van der Waals surface area contributed by atoms with Crippen LogP contribution in [0.25, 0.3) is 10.8 Å². The van der Waals surface area contributed by atoms with E-state index >= 15 is 0 Å². The van der Waals surface area contributed by atoms with Gasteiger partial charge in [-0.2, -0.15) is 0 Å². The molecule has 0 saturated carbocycles. The third-order valence-corrected chi connectivity index (χ3v) is 3.21. The van der Waals surface area contributed by atoms with Crippen LogP contribution in [0, 0.1) is 13.8 Å². The highest BCUT2D eigenvalue weighted by Crippen LogP contribution is 2.18. The molecule has 0 aliphatic heterocycles. The first-order chi connectivity index (χ1) is 10.6. The average Bonchev–Trinajstić information content (AvgIpc) is 2.45. The third-order valence-electron chi connectivity index (χ3n) is 3.21. The molecule has 3 aromatic rings. The summed E-state index contributed by atoms with van der Waals surface area (Å²) in [5, 5.41) is 7.64. The minimum absolute atomic E-state index is 0.302. The van der Waals surface area contributed by atoms with Gasteiger partial charge in [-0.25, -0.2) is 14.8 Å². The Morgan fingerprint density at radius 3 is 2.27 bits per heavy atom. The molecule has 0 fully saturated rings. The topological polar surface area (TPSA) is 66.9 Å². The molecule has 0 radical (unpaired) electrons. The van der Waals surface area contributed by atoms with Gasteiger partial charge in [0.1, 0.15) is 0 Å². The molecule has 3 rings (SSSR count). The largest absolute Gasteiger partial charge is 0.326 e. The highest BCUT2D eigenvalue weighted by molar-refractivity contribution is 6.00. The zero-order chi connectivity index (χ0) is 15.5. The number of nitrogens with one attached hydrogen (secondary N) is 2. The van der Waals surface area contributed by atoms with Crippen LogP contribution < -0.4 is 10.6 Å². The number of anilines is 2. The molecule has 0 aliphatic carbocycles. The summed E-state index contributed by atoms with van der Waals surface area (Å²) in [5.41, 5.74) is 2.35. The maximum Gasteiger partial charge on any atom is 0.326 e. The molecule has 2 amide bonds. The van der Waals surface area contributed by atoms with Gasteiger partial charge in [0.05, 0.1) is 0 Å². The van der Waals surface area contributed by atoms with Crippen LogP contribution in [-0.4, -0.2) is 16.0 Å². The molecule has 2 N–H and O–H groups in total. The Kier molecular flexibility index (Phi) is 3.70. The smallest absolute Gasteiger partial charge is 0.308 e. The zero-order valence-electron chi connectivity index (χ0n) is 12.4. The van der Waals surface area contributed by atoms with Gasteiger partial charge in [-0.3, -0.25) is 5.32 Å². The monoisotopic (exact) mass is 292 g/mol. The maximum atomic E-state index is 12.0. The lowest BCUT2D eigenvalue weighted by Crippen LogP contribution is -2.21. The van der Waals surface area contributed by atoms with E-state index in [9.17, 15) is 4.79 Å². The molecule has 0 atom stereocenters. The van der Waals surface area contributed by atoms with E-state index in [1.165, 1.54) is 0 Å². The van der Waals surface area contributed by atoms with E-state index in [0.717, 1.165) is 27.8 Å². The average molecular weight is 292 g/mol. The lowest BCUT2D eigenvalue weighted by atomic mass is 10.1. The molecule has 0 spiro atoms. The van der Waals surface area contributed by atoms with Crippen molar-refractivity contribution in [3.05, 3.63) is 59.9 Å². The number of nitrogens with zero attached hydrogens (tertiary/aromatic N) is 2. The number of aromatic nitrogens is 2. The molecule has 0 saturated heterocycles. The number of urea groups is 1. The van der Waals surface area contributed by atoms with Gasteiger partial charge < -0.3 is 5.32 Å². The Bertz CT molecular complexity index is 825. The quantitative estimate of drug-likeness (QED) is 0.753. The van der Waals surface area contributed by atoms with E-state index in [0.29, 0.717) is 5.95 Å². The predicted molar refractivity (Wildman–Crippen MR) is 88.1 cm³/mol. The number of aryl methyl sites for hydroxylation is 2. The number of carbonyl (C=O) groups is 1. The SMILES string of the molecule is Cc1cc(C)nc(NC(=O)Nc2ccc3ccccc3c2)n1. The van der Waals surface area contributed by atoms with Crippen molar-refractivity contribution in [2.24, 2.45) is 0 Å². The van der Waals surface area contributed by atoms with Gasteiger partial charge in [-0.15, -0.1) is 0 Å². The Morgan fingerprint density at radius 1 is 0.864 bits per heavy atom. The Labute approximate surface area is 128 Å². The van der Waals surface area contributed by atoms with Gasteiger partial charge in [0.25, 0.3) is 0 Å². The molecule has 5 heteroatoms. The van der Waals surface area contributed by atoms with E-state index in [4.69, 9.17) is 0 Å². The fourth-order valence-electron chi connectivity index (χ4n) is 2.31. The minimum Gasteiger partial charge on any atom is -0.308 e. The first-order valence-electron chi connectivity index (χ1n) is 6.99. The Hall–Kier alpha value is -2.95. The van der Waals surface area contributed by atoms with Crippen LogP contribution in [0.3, 0.4) is 0 Å². The summed E-state index contributed by atoms with van der Waals surface area (Å²) in [4.78, 5) is 20.4. The summed E-state index contributed by atoms with van der Waals surface area (Å²) in [6, 6.07) is 15.2. The third kappa shape index (κ3) is 3.20. The summed E-state index contributed by atoms with van der Waals surface area (Å²) in [6.45, 7) is 3.72. The number of rotatable bonds is 2. The number of fused-ring (bicyclic) bond motifs is 1. The summed E-state index contributed by atoms with van der Waals surface area (Å²) < 4.78 is 0. The van der Waals surface area contributed by atoms with Gasteiger partial charge in [-0.1, -0.05) is 30.3 Å². The number of amides is 2. The second-order valence-electron chi connectivity index (χ2n) is 5.12. The van der Waals surface area contributed by atoms with Crippen LogP contribution in [0.4, 0.5) is 16.4 Å². The van der Waals surface area contributed by atoms with Crippen molar-refractivity contribution < 1.29 is 4.79 Å². The number of hydrogen-bond donors (Lipinski definition) is 2. The number of hydrogen-bond acceptors (Lipinski definition) is 3. The van der Waals surface area contributed by atoms with Crippen molar-refractivity contribution in [2.75, 3.05) is 10.6 Å². The molecule has 5 nitrogen and oxygen atoms in total. The molecule has 110 valence electrons. The standard InChI is InChI=1S/C17H16N4O/c1-11-9-12(2)19-16(18-11)21-17(22)20-15-8-7-13-5-3-4-6-14(13)10-15/h3-10H,1-2H3,(H2,18,19,20,21,22). The molecule has 0 aliphatic rings. The predicted octanol–water partition coefficient (Wildman–Crippen LogP) is 3.89. The lowest BCUT2D eigenvalue weighted by molar-refractivity contribution is 0.262. The van der Waals surface area contributed by atoms with Gasteiger partial charge in [0.15, 0.2) is 0 Å². The zero-order valence-corrected chi connectivity index (χ0v) is 12.4. The van der Waals surface area contributed by atoms with Crippen molar-refractivity contribution in [3.8, 4) is 0 Å². The molecule has 2 aromatic carbocycles. The van der Waals surface area contributed by atoms with E-state index in [1.54, 1.807) is 0 Å². The second-order valence-corrected chi connectivity index (χ2v) is 5.12. The Morgan fingerprint density at radius 2 is 1.55 bits per heavy atom. The van der Waals surface area contributed by atoms with Crippen LogP contribution >= 0.6 is 0 Å². The molecule has 22 heavy (non-hydrogen) atoms. The minimum atomic E-state index is -0.361. The fourth-order valence-corrected chi connectivity index (χ4v) is 2.31. The van der Waals surface area contributed by atoms with E-state index in [-0.39, 0.29) is 6.03 Å². The molecular weight excluding hydrogens is 276 g/mol. The fraction of sp³-hybridized carbons (Fsp3) is 0.118. The highest BCUT2D eigenvalue weighted by Gasteiger charge is 2.06. The van der Waals surface area contributed by atoms with Gasteiger partial charge >= 0.3 is 6.03 Å². The van der Waals surface area contributed by atoms with Gasteiger partial charge in [-0.05, 0) is 42.8 Å². The number of benzene rings is 2. The summed E-state index contributed by atoms with van der Waals surface area (Å²) in [7, 11) is 0. The molecule has 1 heterocycles. The van der Waals surface area contributed by atoms with Crippen LogP contribution in [0.2, 0.25) is 0 Å². The van der Waals surface area contributed by atoms with Crippen molar-refractivity contribution >= 4 is 28.4 Å². The maximum absolute atomic E-state index is 12.0. The van der Waals surface area contributed by atoms with Crippen LogP contribution in [0.15, 0.2) is 48.5 Å². The van der Waals surface area contributed by atoms with Crippen LogP contribution in [-0.2, 0) is 0 Å². The van der Waals surface area contributed by atoms with Gasteiger partial charge in [0.2, 0.25) is 5.95 Å². The first-order valence-corrected chi connectivity index (χ1v) is 6.99. The highest BCUT2D eigenvalue weighted by atomic mass is 16.2. The van der Waals surface area contributed by atoms with E-state index in [1.807, 2.05) is 62.4 Å². The van der Waals surface area contributed by atoms with E-state index in [2.05, 4.69) is 20.6 Å². The van der Waals surface area contributed by atoms with Crippen molar-refractivity contribution in [3.63, 3.8) is 0 Å². The summed E-state index contributed by atoms with van der Waals surface area (Å²) in [6.07, 6.45) is 0. The van der Waals surface area contributed by atoms with Crippen molar-refractivity contribution in [1.29, 1.82) is 0 Å².